The Kier molecular flexibility index (Phi) is 4.47. The van der Waals surface area contributed by atoms with Gasteiger partial charge < -0.3 is 10.5 Å². The third-order valence-electron chi connectivity index (χ3n) is 4.04. The molecule has 2 N–H and O–H groups in total. The fourth-order valence-electron chi connectivity index (χ4n) is 3.16. The lowest BCUT2D eigenvalue weighted by Crippen LogP contribution is -2.60. The quantitative estimate of drug-likeness (QED) is 0.870. The molecule has 0 saturated heterocycles. The van der Waals surface area contributed by atoms with Crippen molar-refractivity contribution in [2.24, 2.45) is 5.73 Å². The number of carbonyl (C=O) groups excluding carboxylic acids is 1. The van der Waals surface area contributed by atoms with Gasteiger partial charge in [0.15, 0.2) is 0 Å². The molecular weight excluding hydrogens is 283 g/mol. The minimum absolute atomic E-state index is 0.0422. The second-order valence-corrected chi connectivity index (χ2v) is 6.85. The van der Waals surface area contributed by atoms with Gasteiger partial charge in [0.1, 0.15) is 12.4 Å². The minimum atomic E-state index is -1.65. The number of halogens is 1. The molecule has 22 heavy (non-hydrogen) atoms. The van der Waals surface area contributed by atoms with Crippen LogP contribution in [0.25, 0.3) is 0 Å². The maximum atomic E-state index is 15.7. The van der Waals surface area contributed by atoms with E-state index in [9.17, 15) is 4.79 Å². The molecule has 0 fully saturated rings. The van der Waals surface area contributed by atoms with Crippen LogP contribution in [-0.2, 0) is 6.42 Å². The summed E-state index contributed by atoms with van der Waals surface area (Å²) in [7, 11) is 0. The Balaban J connectivity index is 2.42. The molecule has 0 spiro atoms. The van der Waals surface area contributed by atoms with Gasteiger partial charge in [-0.3, -0.25) is 9.69 Å². The van der Waals surface area contributed by atoms with E-state index in [1.807, 2.05) is 32.6 Å². The molecule has 1 aromatic rings. The number of carbonyl (C=O) groups is 1. The van der Waals surface area contributed by atoms with Crippen molar-refractivity contribution in [3.05, 3.63) is 29.3 Å². The number of hydrogen-bond donors (Lipinski definition) is 1. The highest BCUT2D eigenvalue weighted by molar-refractivity contribution is 5.95. The molecule has 122 valence electrons. The number of primary amides is 1. The van der Waals surface area contributed by atoms with E-state index in [0.29, 0.717) is 23.4 Å². The SMILES string of the molecule is CCCN(C(C)(C)C)[C@]1(F)COc2cccc(C(N)=O)c2C1. The third-order valence-corrected chi connectivity index (χ3v) is 4.04. The van der Waals surface area contributed by atoms with E-state index in [4.69, 9.17) is 10.5 Å². The van der Waals surface area contributed by atoms with Crippen LogP contribution in [0.5, 0.6) is 5.75 Å². The van der Waals surface area contributed by atoms with Crippen LogP contribution in [0.2, 0.25) is 0 Å². The molecule has 1 heterocycles. The molecule has 0 aromatic heterocycles. The molecule has 1 atom stereocenters. The predicted octanol–water partition coefficient (Wildman–Crippen LogP) is 2.90. The second kappa shape index (κ2) is 5.88. The summed E-state index contributed by atoms with van der Waals surface area (Å²) in [5, 5.41) is 0. The van der Waals surface area contributed by atoms with Gasteiger partial charge >= 0.3 is 0 Å². The van der Waals surface area contributed by atoms with Crippen LogP contribution in [0.15, 0.2) is 18.2 Å². The first kappa shape index (κ1) is 16.7. The van der Waals surface area contributed by atoms with Gasteiger partial charge in [-0.15, -0.1) is 0 Å². The number of benzene rings is 1. The fraction of sp³-hybridized carbons (Fsp3) is 0.588. The first-order valence-electron chi connectivity index (χ1n) is 7.70. The highest BCUT2D eigenvalue weighted by Gasteiger charge is 2.46. The van der Waals surface area contributed by atoms with Crippen molar-refractivity contribution in [1.82, 2.24) is 4.90 Å². The average molecular weight is 308 g/mol. The first-order chi connectivity index (χ1) is 10.2. The lowest BCUT2D eigenvalue weighted by Gasteiger charge is -2.47. The summed E-state index contributed by atoms with van der Waals surface area (Å²) in [5.41, 5.74) is 5.98. The van der Waals surface area contributed by atoms with Gasteiger partial charge in [0.05, 0.1) is 0 Å². The number of hydrogen-bond acceptors (Lipinski definition) is 3. The number of amides is 1. The zero-order valence-corrected chi connectivity index (χ0v) is 13.8. The van der Waals surface area contributed by atoms with E-state index in [1.54, 1.807) is 18.2 Å². The fourth-order valence-corrected chi connectivity index (χ4v) is 3.16. The van der Waals surface area contributed by atoms with E-state index in [1.165, 1.54) is 0 Å². The summed E-state index contributed by atoms with van der Waals surface area (Å²) >= 11 is 0. The van der Waals surface area contributed by atoms with Crippen LogP contribution < -0.4 is 10.5 Å². The number of rotatable bonds is 4. The van der Waals surface area contributed by atoms with E-state index in [0.717, 1.165) is 6.42 Å². The van der Waals surface area contributed by atoms with Gasteiger partial charge in [0.25, 0.3) is 0 Å². The molecule has 1 amide bonds. The maximum absolute atomic E-state index is 15.7. The van der Waals surface area contributed by atoms with Gasteiger partial charge in [-0.1, -0.05) is 13.0 Å². The Morgan fingerprint density at radius 3 is 2.68 bits per heavy atom. The Hall–Kier alpha value is -1.62. The van der Waals surface area contributed by atoms with E-state index in [2.05, 4.69) is 0 Å². The Labute approximate surface area is 131 Å². The summed E-state index contributed by atoms with van der Waals surface area (Å²) in [6.07, 6.45) is 0.950. The molecule has 2 rings (SSSR count). The molecule has 1 aliphatic heterocycles. The number of ether oxygens (including phenoxy) is 1. The second-order valence-electron chi connectivity index (χ2n) is 6.85. The lowest BCUT2D eigenvalue weighted by atomic mass is 9.91. The van der Waals surface area contributed by atoms with Gasteiger partial charge in [0, 0.05) is 29.6 Å². The van der Waals surface area contributed by atoms with Gasteiger partial charge in [-0.25, -0.2) is 4.39 Å². The summed E-state index contributed by atoms with van der Waals surface area (Å²) in [6.45, 7) is 8.56. The summed E-state index contributed by atoms with van der Waals surface area (Å²) in [4.78, 5) is 13.4. The summed E-state index contributed by atoms with van der Waals surface area (Å²) in [6, 6.07) is 5.08. The van der Waals surface area contributed by atoms with Crippen LogP contribution in [0.4, 0.5) is 4.39 Å². The number of alkyl halides is 1. The van der Waals surface area contributed by atoms with Gasteiger partial charge in [-0.05, 0) is 39.3 Å². The Bertz CT molecular complexity index is 568. The maximum Gasteiger partial charge on any atom is 0.249 e. The number of nitrogens with two attached hydrogens (primary N) is 1. The van der Waals surface area contributed by atoms with Crippen LogP contribution >= 0.6 is 0 Å². The van der Waals surface area contributed by atoms with Crippen molar-refractivity contribution in [1.29, 1.82) is 0 Å². The van der Waals surface area contributed by atoms with Crippen molar-refractivity contribution in [2.75, 3.05) is 13.2 Å². The highest BCUT2D eigenvalue weighted by atomic mass is 19.1. The van der Waals surface area contributed by atoms with Crippen molar-refractivity contribution >= 4 is 5.91 Å². The molecule has 0 saturated carbocycles. The van der Waals surface area contributed by atoms with Crippen LogP contribution in [0.3, 0.4) is 0 Å². The molecule has 1 aromatic carbocycles. The van der Waals surface area contributed by atoms with Crippen LogP contribution in [-0.4, -0.2) is 35.3 Å². The molecule has 1 aliphatic rings. The van der Waals surface area contributed by atoms with Crippen molar-refractivity contribution in [3.63, 3.8) is 0 Å². The topological polar surface area (TPSA) is 55.6 Å². The molecule has 0 bridgehead atoms. The van der Waals surface area contributed by atoms with E-state index >= 15 is 4.39 Å². The molecule has 4 nitrogen and oxygen atoms in total. The van der Waals surface area contributed by atoms with Gasteiger partial charge in [0.2, 0.25) is 11.7 Å². The summed E-state index contributed by atoms with van der Waals surface area (Å²) in [5.74, 6) is -1.65. The Morgan fingerprint density at radius 1 is 1.45 bits per heavy atom. The smallest absolute Gasteiger partial charge is 0.249 e. The minimum Gasteiger partial charge on any atom is -0.488 e. The summed E-state index contributed by atoms with van der Waals surface area (Å²) < 4.78 is 21.3. The molecule has 0 unspecified atom stereocenters. The zero-order chi connectivity index (χ0) is 16.5. The largest absolute Gasteiger partial charge is 0.488 e. The van der Waals surface area contributed by atoms with Crippen molar-refractivity contribution in [2.45, 2.75) is 51.9 Å². The average Bonchev–Trinajstić information content (AvgIpc) is 2.42. The van der Waals surface area contributed by atoms with E-state index < -0.39 is 11.7 Å². The van der Waals surface area contributed by atoms with E-state index in [-0.39, 0.29) is 18.6 Å². The van der Waals surface area contributed by atoms with Crippen molar-refractivity contribution in [3.8, 4) is 5.75 Å². The lowest BCUT2D eigenvalue weighted by molar-refractivity contribution is -0.118. The Morgan fingerprint density at radius 2 is 2.14 bits per heavy atom. The molecular formula is C17H25FN2O2. The first-order valence-corrected chi connectivity index (χ1v) is 7.70. The third kappa shape index (κ3) is 3.09. The monoisotopic (exact) mass is 308 g/mol. The van der Waals surface area contributed by atoms with Crippen LogP contribution in [0.1, 0.15) is 50.0 Å². The number of fused-ring (bicyclic) bond motifs is 1. The molecule has 0 radical (unpaired) electrons. The van der Waals surface area contributed by atoms with Gasteiger partial charge in [-0.2, -0.15) is 0 Å². The molecule has 5 heteroatoms. The van der Waals surface area contributed by atoms with Crippen molar-refractivity contribution < 1.29 is 13.9 Å². The standard InChI is InChI=1S/C17H25FN2O2/c1-5-9-20(16(2,3)4)17(18)10-13-12(15(19)21)7-6-8-14(13)22-11-17/h6-8H,5,9-11H2,1-4H3,(H2,19,21)/t17-/m0/s1. The van der Waals surface area contributed by atoms with Crippen LogP contribution in [0, 0.1) is 0 Å². The highest BCUT2D eigenvalue weighted by Crippen LogP contribution is 2.38. The predicted molar refractivity (Wildman–Crippen MR) is 84.7 cm³/mol. The zero-order valence-electron chi connectivity index (χ0n) is 13.8. The molecule has 0 aliphatic carbocycles. The normalized spacial score (nSPS) is 21.4. The number of nitrogens with zero attached hydrogens (tertiary/aromatic N) is 1.